The number of hydrogen-bond acceptors (Lipinski definition) is 4. The minimum absolute atomic E-state index is 0.125. The van der Waals surface area contributed by atoms with Crippen LogP contribution in [0.5, 0.6) is 0 Å². The van der Waals surface area contributed by atoms with E-state index in [1.165, 1.54) is 13.0 Å². The Morgan fingerprint density at radius 3 is 2.19 bits per heavy atom. The van der Waals surface area contributed by atoms with Crippen LogP contribution in [-0.4, -0.2) is 29.5 Å². The van der Waals surface area contributed by atoms with Crippen LogP contribution in [0.15, 0.2) is 11.8 Å². The number of amides is 2. The lowest BCUT2D eigenvalue weighted by Gasteiger charge is -2.07. The number of carbonyl (C=O) groups excluding carboxylic acids is 3. The van der Waals surface area contributed by atoms with Crippen LogP contribution in [0, 0.1) is 0 Å². The minimum atomic E-state index is -0.917. The average Bonchev–Trinajstić information content (AvgIpc) is 2.31. The number of carbonyl (C=O) groups is 3. The number of halogens is 2. The van der Waals surface area contributed by atoms with Gasteiger partial charge in [-0.25, -0.2) is 4.79 Å². The van der Waals surface area contributed by atoms with Gasteiger partial charge in [-0.15, -0.1) is 23.2 Å². The quantitative estimate of drug-likeness (QED) is 0.429. The molecule has 0 spiro atoms. The van der Waals surface area contributed by atoms with E-state index in [-0.39, 0.29) is 17.5 Å². The molecule has 0 aliphatic rings. The van der Waals surface area contributed by atoms with Crippen LogP contribution in [0.2, 0.25) is 0 Å². The lowest BCUT2D eigenvalue weighted by Crippen LogP contribution is -2.34. The Bertz CT molecular complexity index is 317. The molecule has 0 saturated heterocycles. The van der Waals surface area contributed by atoms with Crippen LogP contribution in [0.1, 0.15) is 6.92 Å². The second-order valence-electron chi connectivity index (χ2n) is 2.43. The SMILES string of the molecule is CC=C(NC(=O)CCl)C(=O)ONC(=O)CCl. The second-order valence-corrected chi connectivity index (χ2v) is 2.97. The first-order valence-corrected chi connectivity index (χ1v) is 5.20. The number of alkyl halides is 2. The van der Waals surface area contributed by atoms with Crippen molar-refractivity contribution in [1.82, 2.24) is 10.8 Å². The zero-order chi connectivity index (χ0) is 12.6. The third kappa shape index (κ3) is 5.57. The van der Waals surface area contributed by atoms with E-state index in [2.05, 4.69) is 10.2 Å². The number of hydrogen-bond donors (Lipinski definition) is 2. The molecule has 2 N–H and O–H groups in total. The fourth-order valence-corrected chi connectivity index (χ4v) is 0.732. The normalized spacial score (nSPS) is 10.6. The molecule has 0 unspecified atom stereocenters. The predicted octanol–water partition coefficient (Wildman–Crippen LogP) is 0.0584. The number of rotatable bonds is 4. The average molecular weight is 269 g/mol. The molecule has 6 nitrogen and oxygen atoms in total. The molecule has 90 valence electrons. The van der Waals surface area contributed by atoms with Crippen LogP contribution in [0.25, 0.3) is 0 Å². The van der Waals surface area contributed by atoms with Crippen molar-refractivity contribution in [1.29, 1.82) is 0 Å². The monoisotopic (exact) mass is 268 g/mol. The van der Waals surface area contributed by atoms with Gasteiger partial charge in [0.2, 0.25) is 5.91 Å². The third-order valence-corrected chi connectivity index (χ3v) is 1.77. The summed E-state index contributed by atoms with van der Waals surface area (Å²) in [5.41, 5.74) is 1.67. The van der Waals surface area contributed by atoms with E-state index in [1.807, 2.05) is 0 Å². The van der Waals surface area contributed by atoms with Crippen molar-refractivity contribution in [2.24, 2.45) is 0 Å². The molecule has 0 aromatic rings. The Morgan fingerprint density at radius 2 is 1.75 bits per heavy atom. The van der Waals surface area contributed by atoms with Crippen molar-refractivity contribution in [3.05, 3.63) is 11.8 Å². The molecule has 0 atom stereocenters. The summed E-state index contributed by atoms with van der Waals surface area (Å²) in [4.78, 5) is 37.1. The summed E-state index contributed by atoms with van der Waals surface area (Å²) in [6.45, 7) is 1.51. The lowest BCUT2D eigenvalue weighted by atomic mass is 10.4. The first-order chi connectivity index (χ1) is 7.54. The standard InChI is InChI=1S/C8H10Cl2N2O4/c1-2-5(11-6(13)3-9)8(15)16-12-7(14)4-10/h2H,3-4H2,1H3,(H,11,13)(H,12,14). The van der Waals surface area contributed by atoms with Gasteiger partial charge in [-0.3, -0.25) is 9.59 Å². The smallest absolute Gasteiger partial charge is 0.334 e. The fraction of sp³-hybridized carbons (Fsp3) is 0.375. The molecule has 8 heteroatoms. The number of nitrogens with one attached hydrogen (secondary N) is 2. The Balaban J connectivity index is 4.23. The van der Waals surface area contributed by atoms with Gasteiger partial charge < -0.3 is 10.2 Å². The van der Waals surface area contributed by atoms with Crippen molar-refractivity contribution in [3.63, 3.8) is 0 Å². The first-order valence-electron chi connectivity index (χ1n) is 4.13. The maximum Gasteiger partial charge on any atom is 0.378 e. The number of hydroxylamine groups is 1. The van der Waals surface area contributed by atoms with Crippen molar-refractivity contribution in [2.75, 3.05) is 11.8 Å². The van der Waals surface area contributed by atoms with Gasteiger partial charge in [0, 0.05) is 0 Å². The van der Waals surface area contributed by atoms with E-state index >= 15 is 0 Å². The molecule has 0 aliphatic carbocycles. The summed E-state index contributed by atoms with van der Waals surface area (Å²) in [7, 11) is 0. The maximum absolute atomic E-state index is 11.2. The van der Waals surface area contributed by atoms with Gasteiger partial charge in [-0.2, -0.15) is 5.48 Å². The van der Waals surface area contributed by atoms with E-state index in [0.29, 0.717) is 0 Å². The molecule has 0 aromatic heterocycles. The van der Waals surface area contributed by atoms with Crippen molar-refractivity contribution >= 4 is 41.0 Å². The summed E-state index contributed by atoms with van der Waals surface area (Å²) in [5.74, 6) is -2.78. The largest absolute Gasteiger partial charge is 0.378 e. The van der Waals surface area contributed by atoms with Crippen molar-refractivity contribution < 1.29 is 19.2 Å². The van der Waals surface area contributed by atoms with E-state index < -0.39 is 17.8 Å². The zero-order valence-electron chi connectivity index (χ0n) is 8.38. The molecule has 0 saturated carbocycles. The zero-order valence-corrected chi connectivity index (χ0v) is 9.89. The van der Waals surface area contributed by atoms with Crippen molar-refractivity contribution in [3.8, 4) is 0 Å². The molecule has 2 amide bonds. The van der Waals surface area contributed by atoms with Crippen LogP contribution in [0.4, 0.5) is 0 Å². The van der Waals surface area contributed by atoms with Gasteiger partial charge in [0.15, 0.2) is 0 Å². The molecule has 0 aliphatic heterocycles. The third-order valence-electron chi connectivity index (χ3n) is 1.28. The predicted molar refractivity (Wildman–Crippen MR) is 57.6 cm³/mol. The van der Waals surface area contributed by atoms with Crippen molar-refractivity contribution in [2.45, 2.75) is 6.92 Å². The van der Waals surface area contributed by atoms with Gasteiger partial charge in [0.1, 0.15) is 17.5 Å². The van der Waals surface area contributed by atoms with Gasteiger partial charge in [-0.05, 0) is 6.92 Å². The first kappa shape index (κ1) is 14.7. The topological polar surface area (TPSA) is 84.5 Å². The molecule has 16 heavy (non-hydrogen) atoms. The number of allylic oxidation sites excluding steroid dienone is 1. The second kappa shape index (κ2) is 7.95. The Hall–Kier alpha value is -1.27. The Labute approximate surface area is 102 Å². The van der Waals surface area contributed by atoms with Gasteiger partial charge in [-0.1, -0.05) is 6.08 Å². The fourth-order valence-electron chi connectivity index (χ4n) is 0.610. The highest BCUT2D eigenvalue weighted by atomic mass is 35.5. The van der Waals surface area contributed by atoms with Crippen LogP contribution in [-0.2, 0) is 19.2 Å². The lowest BCUT2D eigenvalue weighted by molar-refractivity contribution is -0.154. The molecular formula is C8H10Cl2N2O4. The molecule has 0 aromatic carbocycles. The van der Waals surface area contributed by atoms with Gasteiger partial charge >= 0.3 is 5.97 Å². The molecule has 0 fully saturated rings. The summed E-state index contributed by atoms with van der Waals surface area (Å²) >= 11 is 10.4. The summed E-state index contributed by atoms with van der Waals surface area (Å²) in [6.07, 6.45) is 1.31. The summed E-state index contributed by atoms with van der Waals surface area (Å²) < 4.78 is 0. The highest BCUT2D eigenvalue weighted by Crippen LogP contribution is 1.93. The van der Waals surface area contributed by atoms with E-state index in [0.717, 1.165) is 0 Å². The Morgan fingerprint density at radius 1 is 1.19 bits per heavy atom. The molecular weight excluding hydrogens is 259 g/mol. The van der Waals surface area contributed by atoms with Crippen LogP contribution >= 0.6 is 23.2 Å². The highest BCUT2D eigenvalue weighted by Gasteiger charge is 2.14. The minimum Gasteiger partial charge on any atom is -0.334 e. The summed E-state index contributed by atoms with van der Waals surface area (Å²) in [6, 6.07) is 0. The van der Waals surface area contributed by atoms with Crippen LogP contribution in [0.3, 0.4) is 0 Å². The maximum atomic E-state index is 11.2. The molecule has 0 heterocycles. The van der Waals surface area contributed by atoms with Gasteiger partial charge in [0.05, 0.1) is 0 Å². The van der Waals surface area contributed by atoms with E-state index in [4.69, 9.17) is 23.2 Å². The van der Waals surface area contributed by atoms with E-state index in [1.54, 1.807) is 5.48 Å². The van der Waals surface area contributed by atoms with Gasteiger partial charge in [0.25, 0.3) is 5.91 Å². The Kier molecular flexibility index (Phi) is 7.32. The molecule has 0 bridgehead atoms. The molecule has 0 radical (unpaired) electrons. The molecule has 0 rings (SSSR count). The highest BCUT2D eigenvalue weighted by molar-refractivity contribution is 6.27. The van der Waals surface area contributed by atoms with E-state index in [9.17, 15) is 14.4 Å². The summed E-state index contributed by atoms with van der Waals surface area (Å²) in [5, 5.41) is 2.19. The van der Waals surface area contributed by atoms with Crippen LogP contribution < -0.4 is 10.8 Å².